The summed E-state index contributed by atoms with van der Waals surface area (Å²) in [6.45, 7) is 1.32. The molecular weight excluding hydrogens is 362 g/mol. The van der Waals surface area contributed by atoms with Gasteiger partial charge in [-0.15, -0.1) is 0 Å². The third-order valence-corrected chi connectivity index (χ3v) is 4.98. The molecule has 27 heavy (non-hydrogen) atoms. The molecule has 1 N–H and O–H groups in total. The van der Waals surface area contributed by atoms with Crippen LogP contribution in [0.5, 0.6) is 5.75 Å². The van der Waals surface area contributed by atoms with Crippen LogP contribution >= 0.6 is 11.6 Å². The van der Waals surface area contributed by atoms with Crippen LogP contribution in [0.25, 0.3) is 10.9 Å². The molecule has 1 aliphatic heterocycles. The predicted molar refractivity (Wildman–Crippen MR) is 107 cm³/mol. The molecule has 0 spiro atoms. The summed E-state index contributed by atoms with van der Waals surface area (Å²) >= 11 is 5.87. The second-order valence-corrected chi connectivity index (χ2v) is 7.00. The zero-order valence-corrected chi connectivity index (χ0v) is 15.5. The van der Waals surface area contributed by atoms with Gasteiger partial charge in [-0.2, -0.15) is 0 Å². The van der Waals surface area contributed by atoms with Crippen LogP contribution in [-0.2, 0) is 0 Å². The number of amides is 2. The molecule has 0 radical (unpaired) electrons. The van der Waals surface area contributed by atoms with E-state index >= 15 is 0 Å². The smallest absolute Gasteiger partial charge is 0.321 e. The lowest BCUT2D eigenvalue weighted by molar-refractivity contribution is 0.117. The van der Waals surface area contributed by atoms with Crippen molar-refractivity contribution in [3.05, 3.63) is 65.8 Å². The fourth-order valence-electron chi connectivity index (χ4n) is 3.26. The number of fused-ring (bicyclic) bond motifs is 1. The minimum Gasteiger partial charge on any atom is -0.490 e. The van der Waals surface area contributed by atoms with E-state index in [1.165, 1.54) is 0 Å². The number of urea groups is 1. The normalized spacial score (nSPS) is 14.9. The Morgan fingerprint density at radius 1 is 1.07 bits per heavy atom. The van der Waals surface area contributed by atoms with Crippen LogP contribution in [0, 0.1) is 0 Å². The Kier molecular flexibility index (Phi) is 5.12. The fraction of sp³-hybridized carbons (Fsp3) is 0.238. The standard InChI is InChI=1S/C21H20ClN3O2/c22-15-5-7-16(8-6-15)24-21(26)25-13-10-17(11-14-25)27-20-9-12-23-19-4-2-1-3-18(19)20/h1-9,12,17H,10-11,13-14H2,(H,24,26). The first-order chi connectivity index (χ1) is 13.2. The number of piperidine rings is 1. The van der Waals surface area contributed by atoms with Gasteiger partial charge in [0.05, 0.1) is 5.52 Å². The summed E-state index contributed by atoms with van der Waals surface area (Å²) in [4.78, 5) is 18.6. The van der Waals surface area contributed by atoms with Crippen molar-refractivity contribution in [3.8, 4) is 5.75 Å². The first-order valence-electron chi connectivity index (χ1n) is 9.01. The van der Waals surface area contributed by atoms with Crippen molar-refractivity contribution in [2.45, 2.75) is 18.9 Å². The Labute approximate surface area is 162 Å². The lowest BCUT2D eigenvalue weighted by atomic mass is 10.1. The molecule has 5 nitrogen and oxygen atoms in total. The molecular formula is C21H20ClN3O2. The Morgan fingerprint density at radius 3 is 2.59 bits per heavy atom. The van der Waals surface area contributed by atoms with E-state index in [0.29, 0.717) is 18.1 Å². The SMILES string of the molecule is O=C(Nc1ccc(Cl)cc1)N1CCC(Oc2ccnc3ccccc23)CC1. The van der Waals surface area contributed by atoms with E-state index in [0.717, 1.165) is 35.2 Å². The number of pyridine rings is 1. The van der Waals surface area contributed by atoms with Crippen molar-refractivity contribution in [2.24, 2.45) is 0 Å². The van der Waals surface area contributed by atoms with Gasteiger partial charge in [-0.1, -0.05) is 23.7 Å². The lowest BCUT2D eigenvalue weighted by Crippen LogP contribution is -2.43. The highest BCUT2D eigenvalue weighted by molar-refractivity contribution is 6.30. The van der Waals surface area contributed by atoms with Gasteiger partial charge in [0.15, 0.2) is 0 Å². The molecule has 1 aromatic heterocycles. The maximum atomic E-state index is 12.4. The van der Waals surface area contributed by atoms with E-state index in [9.17, 15) is 4.79 Å². The van der Waals surface area contributed by atoms with Crippen molar-refractivity contribution in [3.63, 3.8) is 0 Å². The lowest BCUT2D eigenvalue weighted by Gasteiger charge is -2.32. The fourth-order valence-corrected chi connectivity index (χ4v) is 3.39. The number of carbonyl (C=O) groups excluding carboxylic acids is 1. The number of likely N-dealkylation sites (tertiary alicyclic amines) is 1. The van der Waals surface area contributed by atoms with Gasteiger partial charge in [-0.25, -0.2) is 4.79 Å². The second kappa shape index (κ2) is 7.84. The van der Waals surface area contributed by atoms with E-state index in [1.54, 1.807) is 30.5 Å². The van der Waals surface area contributed by atoms with Crippen LogP contribution in [0.1, 0.15) is 12.8 Å². The first-order valence-corrected chi connectivity index (χ1v) is 9.39. The van der Waals surface area contributed by atoms with E-state index in [-0.39, 0.29) is 12.1 Å². The summed E-state index contributed by atoms with van der Waals surface area (Å²) in [6.07, 6.45) is 3.46. The quantitative estimate of drug-likeness (QED) is 0.697. The minimum absolute atomic E-state index is 0.0925. The molecule has 2 aromatic carbocycles. The molecule has 4 rings (SSSR count). The van der Waals surface area contributed by atoms with Crippen molar-refractivity contribution in [1.29, 1.82) is 0 Å². The summed E-state index contributed by atoms with van der Waals surface area (Å²) in [5.41, 5.74) is 1.67. The molecule has 1 aliphatic rings. The summed E-state index contributed by atoms with van der Waals surface area (Å²) in [5, 5.41) is 4.57. The second-order valence-electron chi connectivity index (χ2n) is 6.57. The molecule has 0 bridgehead atoms. The van der Waals surface area contributed by atoms with Gasteiger partial charge in [0, 0.05) is 48.2 Å². The summed E-state index contributed by atoms with van der Waals surface area (Å²) < 4.78 is 6.22. The van der Waals surface area contributed by atoms with Crippen LogP contribution < -0.4 is 10.1 Å². The molecule has 1 fully saturated rings. The molecule has 3 aromatic rings. The predicted octanol–water partition coefficient (Wildman–Crippen LogP) is 4.96. The third kappa shape index (κ3) is 4.14. The largest absolute Gasteiger partial charge is 0.490 e. The van der Waals surface area contributed by atoms with Crippen LogP contribution in [0.3, 0.4) is 0 Å². The van der Waals surface area contributed by atoms with Crippen molar-refractivity contribution < 1.29 is 9.53 Å². The van der Waals surface area contributed by atoms with Gasteiger partial charge >= 0.3 is 6.03 Å². The molecule has 0 atom stereocenters. The maximum Gasteiger partial charge on any atom is 0.321 e. The topological polar surface area (TPSA) is 54.5 Å². The van der Waals surface area contributed by atoms with Crippen LogP contribution in [0.2, 0.25) is 5.02 Å². The van der Waals surface area contributed by atoms with Crippen LogP contribution in [0.4, 0.5) is 10.5 Å². The Balaban J connectivity index is 1.34. The van der Waals surface area contributed by atoms with Gasteiger partial charge in [-0.3, -0.25) is 4.98 Å². The number of ether oxygens (including phenoxy) is 1. The number of para-hydroxylation sites is 1. The van der Waals surface area contributed by atoms with Crippen molar-refractivity contribution in [2.75, 3.05) is 18.4 Å². The number of nitrogens with zero attached hydrogens (tertiary/aromatic N) is 2. The maximum absolute atomic E-state index is 12.4. The average Bonchev–Trinajstić information content (AvgIpc) is 2.70. The van der Waals surface area contributed by atoms with Gasteiger partial charge < -0.3 is 15.0 Å². The molecule has 138 valence electrons. The summed E-state index contributed by atoms with van der Waals surface area (Å²) in [5.74, 6) is 0.852. The average molecular weight is 382 g/mol. The highest BCUT2D eigenvalue weighted by Crippen LogP contribution is 2.27. The molecule has 0 unspecified atom stereocenters. The van der Waals surface area contributed by atoms with Gasteiger partial charge in [0.2, 0.25) is 0 Å². The summed E-state index contributed by atoms with van der Waals surface area (Å²) in [7, 11) is 0. The zero-order valence-electron chi connectivity index (χ0n) is 14.8. The molecule has 1 saturated heterocycles. The van der Waals surface area contributed by atoms with Crippen LogP contribution in [0.15, 0.2) is 60.8 Å². The monoisotopic (exact) mass is 381 g/mol. The van der Waals surface area contributed by atoms with E-state index in [4.69, 9.17) is 16.3 Å². The third-order valence-electron chi connectivity index (χ3n) is 4.73. The van der Waals surface area contributed by atoms with Crippen molar-refractivity contribution in [1.82, 2.24) is 9.88 Å². The molecule has 2 amide bonds. The Bertz CT molecular complexity index is 932. The number of halogens is 1. The highest BCUT2D eigenvalue weighted by atomic mass is 35.5. The first kappa shape index (κ1) is 17.6. The number of rotatable bonds is 3. The number of anilines is 1. The molecule has 0 saturated carbocycles. The van der Waals surface area contributed by atoms with E-state index < -0.39 is 0 Å². The van der Waals surface area contributed by atoms with E-state index in [1.807, 2.05) is 35.2 Å². The number of hydrogen-bond acceptors (Lipinski definition) is 3. The van der Waals surface area contributed by atoms with Gasteiger partial charge in [0.25, 0.3) is 0 Å². The number of benzene rings is 2. The number of aromatic nitrogens is 1. The number of nitrogens with one attached hydrogen (secondary N) is 1. The van der Waals surface area contributed by atoms with Crippen molar-refractivity contribution >= 4 is 34.2 Å². The zero-order chi connectivity index (χ0) is 18.6. The Morgan fingerprint density at radius 2 is 1.81 bits per heavy atom. The van der Waals surface area contributed by atoms with Gasteiger partial charge in [0.1, 0.15) is 11.9 Å². The van der Waals surface area contributed by atoms with Gasteiger partial charge in [-0.05, 0) is 42.5 Å². The molecule has 2 heterocycles. The minimum atomic E-state index is -0.0925. The van der Waals surface area contributed by atoms with Crippen LogP contribution in [-0.4, -0.2) is 35.1 Å². The number of carbonyl (C=O) groups is 1. The Hall–Kier alpha value is -2.79. The molecule has 0 aliphatic carbocycles. The highest BCUT2D eigenvalue weighted by Gasteiger charge is 2.24. The number of hydrogen-bond donors (Lipinski definition) is 1. The molecule has 6 heteroatoms. The van der Waals surface area contributed by atoms with E-state index in [2.05, 4.69) is 10.3 Å². The summed E-state index contributed by atoms with van der Waals surface area (Å²) in [6, 6.07) is 16.9.